The lowest BCUT2D eigenvalue weighted by molar-refractivity contribution is -0.137. The summed E-state index contributed by atoms with van der Waals surface area (Å²) in [6.45, 7) is 6.79. The molecule has 37 heavy (non-hydrogen) atoms. The number of anilines is 1. The van der Waals surface area contributed by atoms with Crippen molar-refractivity contribution in [2.45, 2.75) is 49.7 Å². The van der Waals surface area contributed by atoms with Crippen LogP contribution in [0.5, 0.6) is 5.75 Å². The Morgan fingerprint density at radius 3 is 2.16 bits per heavy atom. The van der Waals surface area contributed by atoms with E-state index in [4.69, 9.17) is 11.6 Å². The second-order valence-corrected chi connectivity index (χ2v) is 10.8. The fourth-order valence-electron chi connectivity index (χ4n) is 3.76. The number of carbonyl (C=O) groups excluding carboxylic acids is 1. The first-order valence-electron chi connectivity index (χ1n) is 10.8. The summed E-state index contributed by atoms with van der Waals surface area (Å²) in [5.41, 5.74) is -5.25. The number of nitrogens with one attached hydrogen (secondary N) is 1. The van der Waals surface area contributed by atoms with Gasteiger partial charge in [-0.25, -0.2) is 0 Å². The number of alkyl halides is 6. The first-order chi connectivity index (χ1) is 16.9. The maximum absolute atomic E-state index is 13.3. The molecule has 2 N–H and O–H groups in total. The predicted molar refractivity (Wildman–Crippen MR) is 133 cm³/mol. The van der Waals surface area contributed by atoms with E-state index in [1.807, 2.05) is 0 Å². The van der Waals surface area contributed by atoms with E-state index < -0.39 is 28.6 Å². The van der Waals surface area contributed by atoms with Crippen LogP contribution in [-0.2, 0) is 11.6 Å². The molecular weight excluding hydrogens is 540 g/mol. The molecule has 0 spiro atoms. The third kappa shape index (κ3) is 6.73. The van der Waals surface area contributed by atoms with E-state index in [0.29, 0.717) is 11.1 Å². The summed E-state index contributed by atoms with van der Waals surface area (Å²) in [6.07, 6.45) is -4.58. The molecule has 1 amide bonds. The van der Waals surface area contributed by atoms with Gasteiger partial charge in [0.15, 0.2) is 0 Å². The molecule has 0 aliphatic rings. The van der Waals surface area contributed by atoms with E-state index in [1.165, 1.54) is 25.1 Å². The molecule has 0 saturated heterocycles. The second-order valence-electron chi connectivity index (χ2n) is 9.29. The zero-order valence-electron chi connectivity index (χ0n) is 20.0. The van der Waals surface area contributed by atoms with Crippen molar-refractivity contribution in [1.29, 1.82) is 0 Å². The number of aromatic hydroxyl groups is 1. The summed E-state index contributed by atoms with van der Waals surface area (Å²) >= 11 is 5.73. The van der Waals surface area contributed by atoms with Crippen LogP contribution in [0.25, 0.3) is 11.1 Å². The van der Waals surface area contributed by atoms with Crippen molar-refractivity contribution in [3.63, 3.8) is 0 Å². The van der Waals surface area contributed by atoms with E-state index in [0.717, 1.165) is 24.3 Å². The smallest absolute Gasteiger partial charge is 0.446 e. The Balaban J connectivity index is 2.12. The Morgan fingerprint density at radius 2 is 1.62 bits per heavy atom. The molecule has 11 heteroatoms. The highest BCUT2D eigenvalue weighted by Gasteiger charge is 2.32. The van der Waals surface area contributed by atoms with E-state index >= 15 is 0 Å². The Kier molecular flexibility index (Phi) is 7.86. The van der Waals surface area contributed by atoms with Crippen LogP contribution in [0, 0.1) is 6.92 Å². The van der Waals surface area contributed by atoms with E-state index in [1.54, 1.807) is 26.8 Å². The van der Waals surface area contributed by atoms with Crippen LogP contribution < -0.4 is 5.32 Å². The topological polar surface area (TPSA) is 49.3 Å². The highest BCUT2D eigenvalue weighted by Crippen LogP contribution is 2.43. The van der Waals surface area contributed by atoms with E-state index in [9.17, 15) is 36.2 Å². The highest BCUT2D eigenvalue weighted by molar-refractivity contribution is 8.00. The molecule has 3 rings (SSSR count). The Hall–Kier alpha value is -2.85. The van der Waals surface area contributed by atoms with Gasteiger partial charge in [-0.15, -0.1) is 0 Å². The Bertz CT molecular complexity index is 1350. The molecule has 0 aliphatic heterocycles. The van der Waals surface area contributed by atoms with Crippen LogP contribution >= 0.6 is 23.4 Å². The molecule has 0 bridgehead atoms. The molecule has 0 fully saturated rings. The summed E-state index contributed by atoms with van der Waals surface area (Å²) in [5, 5.41) is 13.4. The quantitative estimate of drug-likeness (QED) is 0.246. The average molecular weight is 562 g/mol. The first-order valence-corrected chi connectivity index (χ1v) is 12.0. The maximum Gasteiger partial charge on any atom is 0.446 e. The molecule has 0 saturated carbocycles. The predicted octanol–water partition coefficient (Wildman–Crippen LogP) is 9.20. The normalized spacial score (nSPS) is 12.5. The monoisotopic (exact) mass is 561 g/mol. The van der Waals surface area contributed by atoms with Gasteiger partial charge in [-0.1, -0.05) is 44.5 Å². The first kappa shape index (κ1) is 28.7. The number of benzene rings is 3. The minimum absolute atomic E-state index is 0.00114. The van der Waals surface area contributed by atoms with E-state index in [-0.39, 0.29) is 49.8 Å². The van der Waals surface area contributed by atoms with Crippen LogP contribution in [0.2, 0.25) is 5.02 Å². The third-order valence-electron chi connectivity index (χ3n) is 5.52. The number of rotatable bonds is 4. The van der Waals surface area contributed by atoms with Crippen molar-refractivity contribution in [2.75, 3.05) is 5.32 Å². The van der Waals surface area contributed by atoms with Crippen molar-refractivity contribution >= 4 is 35.0 Å². The van der Waals surface area contributed by atoms with E-state index in [2.05, 4.69) is 5.32 Å². The molecule has 0 unspecified atom stereocenters. The van der Waals surface area contributed by atoms with Crippen LogP contribution in [0.15, 0.2) is 53.4 Å². The van der Waals surface area contributed by atoms with Crippen LogP contribution in [0.1, 0.15) is 47.8 Å². The summed E-state index contributed by atoms with van der Waals surface area (Å²) < 4.78 is 78.0. The molecule has 3 nitrogen and oxygen atoms in total. The summed E-state index contributed by atoms with van der Waals surface area (Å²) in [5.74, 6) is -1.19. The second kappa shape index (κ2) is 10.1. The lowest BCUT2D eigenvalue weighted by atomic mass is 9.81. The summed E-state index contributed by atoms with van der Waals surface area (Å²) in [6, 6.07) is 9.53. The van der Waals surface area contributed by atoms with Gasteiger partial charge in [-0.05, 0) is 77.2 Å². The number of amides is 1. The van der Waals surface area contributed by atoms with Gasteiger partial charge in [0, 0.05) is 10.5 Å². The average Bonchev–Trinajstić information content (AvgIpc) is 2.73. The minimum atomic E-state index is -4.58. The standard InChI is InChI=1S/C26H22ClF6NO2S/c1-13-17(14-6-5-7-15(10-14)25(28,29)30)12-18(24(2,3)4)22(35)21(13)23(36)34-20-9-8-16(11-19(20)27)37-26(31,32)33/h5-12,35H,1-4H3,(H,34,36). The zero-order valence-corrected chi connectivity index (χ0v) is 21.6. The molecule has 0 atom stereocenters. The van der Waals surface area contributed by atoms with Crippen LogP contribution in [-0.4, -0.2) is 16.5 Å². The molecule has 0 radical (unpaired) electrons. The Morgan fingerprint density at radius 1 is 0.973 bits per heavy atom. The zero-order chi connectivity index (χ0) is 27.9. The highest BCUT2D eigenvalue weighted by atomic mass is 35.5. The van der Waals surface area contributed by atoms with Gasteiger partial charge in [0.1, 0.15) is 5.75 Å². The van der Waals surface area contributed by atoms with Gasteiger partial charge in [0.2, 0.25) is 0 Å². The maximum atomic E-state index is 13.3. The molecule has 0 aliphatic carbocycles. The summed E-state index contributed by atoms with van der Waals surface area (Å²) in [7, 11) is 0. The van der Waals surface area contributed by atoms with Crippen molar-refractivity contribution in [3.8, 4) is 16.9 Å². The number of carbonyl (C=O) groups is 1. The number of hydrogen-bond donors (Lipinski definition) is 2. The minimum Gasteiger partial charge on any atom is -0.507 e. The molecule has 198 valence electrons. The van der Waals surface area contributed by atoms with Crippen molar-refractivity contribution in [1.82, 2.24) is 0 Å². The fraction of sp³-hybridized carbons (Fsp3) is 0.269. The molecule has 0 aromatic heterocycles. The molecular formula is C26H22ClF6NO2S. The fourth-order valence-corrected chi connectivity index (χ4v) is 4.63. The largest absolute Gasteiger partial charge is 0.507 e. The third-order valence-corrected chi connectivity index (χ3v) is 6.55. The van der Waals surface area contributed by atoms with Crippen molar-refractivity contribution in [2.24, 2.45) is 0 Å². The Labute approximate surface area is 218 Å². The van der Waals surface area contributed by atoms with Crippen molar-refractivity contribution < 1.29 is 36.2 Å². The molecule has 0 heterocycles. The number of phenols is 1. The van der Waals surface area contributed by atoms with Crippen LogP contribution in [0.3, 0.4) is 0 Å². The lowest BCUT2D eigenvalue weighted by Crippen LogP contribution is -2.19. The van der Waals surface area contributed by atoms with Gasteiger partial charge in [0.05, 0.1) is 21.8 Å². The van der Waals surface area contributed by atoms with Crippen LogP contribution in [0.4, 0.5) is 32.0 Å². The van der Waals surface area contributed by atoms with Gasteiger partial charge >= 0.3 is 11.7 Å². The summed E-state index contributed by atoms with van der Waals surface area (Å²) in [4.78, 5) is 13.1. The van der Waals surface area contributed by atoms with Gasteiger partial charge in [-0.2, -0.15) is 26.3 Å². The number of thioether (sulfide) groups is 1. The van der Waals surface area contributed by atoms with Gasteiger partial charge < -0.3 is 10.4 Å². The van der Waals surface area contributed by atoms with Gasteiger partial charge in [-0.3, -0.25) is 4.79 Å². The number of hydrogen-bond acceptors (Lipinski definition) is 3. The van der Waals surface area contributed by atoms with Gasteiger partial charge in [0.25, 0.3) is 5.91 Å². The molecule has 3 aromatic carbocycles. The number of halogens is 7. The number of phenolic OH excluding ortho intramolecular Hbond substituents is 1. The lowest BCUT2D eigenvalue weighted by Gasteiger charge is -2.25. The molecule has 3 aromatic rings. The SMILES string of the molecule is Cc1c(-c2cccc(C(F)(F)F)c2)cc(C(C)(C)C)c(O)c1C(=O)Nc1ccc(SC(F)(F)F)cc1Cl. The van der Waals surface area contributed by atoms with Crippen molar-refractivity contribution in [3.05, 3.63) is 75.8 Å².